The van der Waals surface area contributed by atoms with Crippen LogP contribution in [0.4, 0.5) is 8.78 Å². The van der Waals surface area contributed by atoms with E-state index >= 15 is 0 Å². The van der Waals surface area contributed by atoms with Crippen LogP contribution in [-0.2, 0) is 5.92 Å². The Balaban J connectivity index is 3.45. The van der Waals surface area contributed by atoms with Crippen LogP contribution in [0.2, 0.25) is 0 Å². The van der Waals surface area contributed by atoms with E-state index in [4.69, 9.17) is 5.26 Å². The number of H-pyrrole nitrogens is 1. The van der Waals surface area contributed by atoms with E-state index in [9.17, 15) is 13.6 Å². The maximum absolute atomic E-state index is 13.3. The number of rotatable bonds is 2. The summed E-state index contributed by atoms with van der Waals surface area (Å²) in [4.78, 5) is 13.3. The Labute approximate surface area is 92.9 Å². The molecule has 0 aliphatic heterocycles. The van der Waals surface area contributed by atoms with Gasteiger partial charge in [-0.15, -0.1) is 0 Å². The molecule has 0 spiro atoms. The number of nitriles is 1. The van der Waals surface area contributed by atoms with E-state index in [1.54, 1.807) is 6.07 Å². The van der Waals surface area contributed by atoms with Gasteiger partial charge in [0.1, 0.15) is 11.6 Å². The molecular weight excluding hydrogens is 270 g/mol. The van der Waals surface area contributed by atoms with Crippen LogP contribution < -0.4 is 5.56 Å². The molecule has 6 heteroatoms. The summed E-state index contributed by atoms with van der Waals surface area (Å²) in [6, 6.07) is 2.49. The highest BCUT2D eigenvalue weighted by atomic mass is 79.9. The van der Waals surface area contributed by atoms with Crippen molar-refractivity contribution in [2.24, 2.45) is 0 Å². The largest absolute Gasteiger partial charge is 0.325 e. The predicted octanol–water partition coefficient (Wildman–Crippen LogP) is 2.04. The van der Waals surface area contributed by atoms with Crippen molar-refractivity contribution in [3.05, 3.63) is 33.2 Å². The minimum Gasteiger partial charge on any atom is -0.325 e. The maximum atomic E-state index is 13.3. The Kier molecular flexibility index (Phi) is 3.25. The number of aromatic nitrogens is 1. The van der Waals surface area contributed by atoms with Crippen molar-refractivity contribution in [3.8, 4) is 6.07 Å². The molecule has 0 atom stereocenters. The topological polar surface area (TPSA) is 56.6 Å². The molecule has 1 rings (SSSR count). The smallest absolute Gasteiger partial charge is 0.284 e. The number of halogens is 3. The van der Waals surface area contributed by atoms with Crippen LogP contribution in [0.1, 0.15) is 16.8 Å². The van der Waals surface area contributed by atoms with E-state index in [1.807, 2.05) is 0 Å². The highest BCUT2D eigenvalue weighted by Gasteiger charge is 2.32. The van der Waals surface area contributed by atoms with Crippen LogP contribution in [0.5, 0.6) is 0 Å². The number of hydrogen-bond acceptors (Lipinski definition) is 2. The first-order chi connectivity index (χ1) is 6.92. The number of pyridine rings is 1. The molecule has 0 fully saturated rings. The van der Waals surface area contributed by atoms with Gasteiger partial charge in [-0.2, -0.15) is 5.26 Å². The molecule has 0 amide bonds. The summed E-state index contributed by atoms with van der Waals surface area (Å²) in [6.45, 7) is 1.37. The van der Waals surface area contributed by atoms with Crippen LogP contribution in [-0.4, -0.2) is 10.3 Å². The second-order valence-corrected chi connectivity index (χ2v) is 3.56. The van der Waals surface area contributed by atoms with Crippen LogP contribution in [0.15, 0.2) is 10.9 Å². The van der Waals surface area contributed by atoms with Gasteiger partial charge in [-0.05, 0) is 13.0 Å². The van der Waals surface area contributed by atoms with Crippen molar-refractivity contribution < 1.29 is 8.78 Å². The summed E-state index contributed by atoms with van der Waals surface area (Å²) in [6.07, 6.45) is 0. The van der Waals surface area contributed by atoms with Gasteiger partial charge in [-0.25, -0.2) is 8.78 Å². The van der Waals surface area contributed by atoms with Crippen molar-refractivity contribution in [2.75, 3.05) is 5.33 Å². The molecule has 0 saturated heterocycles. The monoisotopic (exact) mass is 276 g/mol. The maximum Gasteiger partial charge on any atom is 0.284 e. The highest BCUT2D eigenvalue weighted by molar-refractivity contribution is 9.09. The first-order valence-electron chi connectivity index (χ1n) is 4.00. The third kappa shape index (κ3) is 2.23. The SMILES string of the molecule is Cc1[nH]c(=O)c(C#N)cc1C(F)(F)CBr. The second kappa shape index (κ2) is 4.11. The summed E-state index contributed by atoms with van der Waals surface area (Å²) in [5, 5.41) is 7.99. The van der Waals surface area contributed by atoms with E-state index in [1.165, 1.54) is 6.92 Å². The Morgan fingerprint density at radius 1 is 1.67 bits per heavy atom. The van der Waals surface area contributed by atoms with E-state index < -0.39 is 16.8 Å². The van der Waals surface area contributed by atoms with Crippen molar-refractivity contribution in [2.45, 2.75) is 12.8 Å². The van der Waals surface area contributed by atoms with Gasteiger partial charge in [-0.1, -0.05) is 15.9 Å². The summed E-state index contributed by atoms with van der Waals surface area (Å²) in [5.41, 5.74) is -1.22. The Morgan fingerprint density at radius 2 is 2.27 bits per heavy atom. The first kappa shape index (κ1) is 11.9. The predicted molar refractivity (Wildman–Crippen MR) is 54.2 cm³/mol. The van der Waals surface area contributed by atoms with E-state index in [2.05, 4.69) is 20.9 Å². The lowest BCUT2D eigenvalue weighted by Gasteiger charge is -2.15. The van der Waals surface area contributed by atoms with Gasteiger partial charge in [-0.3, -0.25) is 4.79 Å². The molecule has 0 aliphatic carbocycles. The lowest BCUT2D eigenvalue weighted by Crippen LogP contribution is -2.22. The van der Waals surface area contributed by atoms with E-state index in [0.29, 0.717) is 0 Å². The van der Waals surface area contributed by atoms with Crippen LogP contribution in [0.3, 0.4) is 0 Å². The standard InChI is InChI=1S/C9H7BrF2N2O/c1-5-7(9(11,12)4-10)2-6(3-13)8(15)14-5/h2H,4H2,1H3,(H,14,15). The van der Waals surface area contributed by atoms with Gasteiger partial charge < -0.3 is 4.98 Å². The number of aryl methyl sites for hydroxylation is 1. The fraction of sp³-hybridized carbons (Fsp3) is 0.333. The number of nitrogens with zero attached hydrogens (tertiary/aromatic N) is 1. The molecule has 0 saturated carbocycles. The third-order valence-corrected chi connectivity index (χ3v) is 2.62. The molecule has 0 aliphatic rings. The number of aromatic amines is 1. The molecular formula is C9H7BrF2N2O. The minimum absolute atomic E-state index is 0.0726. The summed E-state index contributed by atoms with van der Waals surface area (Å²) in [7, 11) is 0. The van der Waals surface area contributed by atoms with Gasteiger partial charge in [0.15, 0.2) is 0 Å². The normalized spacial score (nSPS) is 11.1. The molecule has 3 nitrogen and oxygen atoms in total. The van der Waals surface area contributed by atoms with Gasteiger partial charge >= 0.3 is 0 Å². The van der Waals surface area contributed by atoms with Gasteiger partial charge in [0.25, 0.3) is 11.5 Å². The fourth-order valence-electron chi connectivity index (χ4n) is 1.16. The van der Waals surface area contributed by atoms with Gasteiger partial charge in [0, 0.05) is 11.3 Å². The molecule has 1 heterocycles. The lowest BCUT2D eigenvalue weighted by molar-refractivity contribution is 0.0234. The average Bonchev–Trinajstić information content (AvgIpc) is 2.17. The fourth-order valence-corrected chi connectivity index (χ4v) is 1.46. The Hall–Kier alpha value is -1.22. The van der Waals surface area contributed by atoms with E-state index in [0.717, 1.165) is 6.07 Å². The molecule has 0 unspecified atom stereocenters. The molecule has 0 bridgehead atoms. The third-order valence-electron chi connectivity index (χ3n) is 1.92. The zero-order chi connectivity index (χ0) is 11.6. The number of nitrogens with one attached hydrogen (secondary N) is 1. The molecule has 0 radical (unpaired) electrons. The van der Waals surface area contributed by atoms with Crippen LogP contribution in [0.25, 0.3) is 0 Å². The second-order valence-electron chi connectivity index (χ2n) is 3.00. The molecule has 15 heavy (non-hydrogen) atoms. The van der Waals surface area contributed by atoms with Crippen molar-refractivity contribution in [1.29, 1.82) is 5.26 Å². The summed E-state index contributed by atoms with van der Waals surface area (Å²) >= 11 is 2.68. The highest BCUT2D eigenvalue weighted by Crippen LogP contribution is 2.31. The Bertz CT molecular complexity index is 476. The molecule has 1 aromatic heterocycles. The Morgan fingerprint density at radius 3 is 2.73 bits per heavy atom. The summed E-state index contributed by atoms with van der Waals surface area (Å²) in [5.74, 6) is -3.10. The van der Waals surface area contributed by atoms with Gasteiger partial charge in [0.05, 0.1) is 5.33 Å². The van der Waals surface area contributed by atoms with Crippen molar-refractivity contribution in [3.63, 3.8) is 0 Å². The quantitative estimate of drug-likeness (QED) is 0.841. The van der Waals surface area contributed by atoms with Crippen LogP contribution >= 0.6 is 15.9 Å². The molecule has 80 valence electrons. The zero-order valence-electron chi connectivity index (χ0n) is 7.77. The number of hydrogen-bond donors (Lipinski definition) is 1. The molecule has 1 aromatic rings. The van der Waals surface area contributed by atoms with Crippen molar-refractivity contribution >= 4 is 15.9 Å². The lowest BCUT2D eigenvalue weighted by atomic mass is 10.1. The molecule has 0 aromatic carbocycles. The van der Waals surface area contributed by atoms with Crippen LogP contribution in [0, 0.1) is 18.3 Å². The minimum atomic E-state index is -3.10. The van der Waals surface area contributed by atoms with Crippen molar-refractivity contribution in [1.82, 2.24) is 4.98 Å². The molecule has 1 N–H and O–H groups in total. The first-order valence-corrected chi connectivity index (χ1v) is 5.13. The summed E-state index contributed by atoms with van der Waals surface area (Å²) < 4.78 is 26.6. The zero-order valence-corrected chi connectivity index (χ0v) is 9.36. The van der Waals surface area contributed by atoms with E-state index in [-0.39, 0.29) is 16.8 Å². The average molecular weight is 277 g/mol. The van der Waals surface area contributed by atoms with Gasteiger partial charge in [0.2, 0.25) is 0 Å². The number of alkyl halides is 3.